The molecule has 1 aliphatic heterocycles. The number of fused-ring (bicyclic) bond motifs is 3. The van der Waals surface area contributed by atoms with Gasteiger partial charge in [0.1, 0.15) is 29.9 Å². The molecule has 13 nitrogen and oxygen atoms in total. The summed E-state index contributed by atoms with van der Waals surface area (Å²) in [6, 6.07) is 52.3. The molecule has 1 amide bonds. The van der Waals surface area contributed by atoms with Gasteiger partial charge in [-0.05, 0) is 143 Å². The summed E-state index contributed by atoms with van der Waals surface area (Å²) in [5, 5.41) is 48.7. The van der Waals surface area contributed by atoms with Crippen LogP contribution in [0.15, 0.2) is 193 Å². The summed E-state index contributed by atoms with van der Waals surface area (Å²) in [6.45, 7) is 4.41. The Morgan fingerprint density at radius 1 is 0.833 bits per heavy atom. The molecule has 396 valence electrons. The quantitative estimate of drug-likeness (QED) is 0.0287. The molecule has 1 saturated carbocycles. The SMILES string of the molecule is C=CCOC12Oc3ccc(Oc4ccc(-c5ccccc5)cc4)cc3C3C(CCCCO)C(CCCCO)C=C(C(=NOCc4ccc([N+](=O)[O-])cc4)CC1N(Cc1cccc4ccccc14)C(=O)c1ccc(C#N)cc1)C32. The lowest BCUT2D eigenvalue weighted by molar-refractivity contribution is -0.384. The minimum atomic E-state index is -1.58. The number of hydrogen-bond acceptors (Lipinski definition) is 11. The van der Waals surface area contributed by atoms with E-state index in [-0.39, 0.29) is 68.7 Å². The van der Waals surface area contributed by atoms with Gasteiger partial charge in [0, 0.05) is 55.4 Å². The molecule has 7 aromatic carbocycles. The zero-order valence-corrected chi connectivity index (χ0v) is 43.4. The smallest absolute Gasteiger partial charge is 0.269 e. The van der Waals surface area contributed by atoms with E-state index in [1.165, 1.54) is 12.1 Å². The number of oxime groups is 1. The Bertz CT molecular complexity index is 3350. The molecule has 6 unspecified atom stereocenters. The van der Waals surface area contributed by atoms with Crippen LogP contribution in [0.2, 0.25) is 0 Å². The molecule has 0 spiro atoms. The van der Waals surface area contributed by atoms with Crippen LogP contribution >= 0.6 is 0 Å². The summed E-state index contributed by atoms with van der Waals surface area (Å²) in [6.07, 6.45) is 8.29. The number of allylic oxidation sites excluding steroid dienone is 1. The highest BCUT2D eigenvalue weighted by molar-refractivity contribution is 6.03. The minimum absolute atomic E-state index is 0.00556. The number of benzene rings is 7. The van der Waals surface area contributed by atoms with E-state index in [2.05, 4.69) is 43.0 Å². The predicted octanol–water partition coefficient (Wildman–Crippen LogP) is 13.3. The number of hydrogen-bond donors (Lipinski definition) is 2. The number of nitro benzene ring substituents is 1. The van der Waals surface area contributed by atoms with Gasteiger partial charge in [-0.2, -0.15) is 5.26 Å². The second-order valence-corrected chi connectivity index (χ2v) is 20.2. The fourth-order valence-corrected chi connectivity index (χ4v) is 11.9. The molecule has 2 N–H and O–H groups in total. The molecule has 3 aliphatic rings. The van der Waals surface area contributed by atoms with E-state index in [1.54, 1.807) is 42.5 Å². The Labute approximate surface area is 454 Å². The first-order chi connectivity index (χ1) is 38.2. The third-order valence-electron chi connectivity index (χ3n) is 15.5. The molecular weight excluding hydrogens is 981 g/mol. The van der Waals surface area contributed by atoms with Crippen molar-refractivity contribution >= 4 is 28.1 Å². The number of ether oxygens (including phenoxy) is 3. The van der Waals surface area contributed by atoms with Crippen molar-refractivity contribution in [3.8, 4) is 34.4 Å². The van der Waals surface area contributed by atoms with Gasteiger partial charge in [-0.3, -0.25) is 14.9 Å². The minimum Gasteiger partial charge on any atom is -0.459 e. The third-order valence-corrected chi connectivity index (χ3v) is 15.5. The Morgan fingerprint density at radius 2 is 1.54 bits per heavy atom. The standard InChI is InChI=1S/C65H62N4O9/c1-2-37-75-65-61(68(64(72)49-25-21-44(41-66)22-26-49)42-51-18-12-17-48-15-6-7-19-55(48)51)40-59(67-76-43-45-23-29-52(30-24-45)69(73)74)57-38-50(16-8-10-35-70)56(20-9-11-36-71)62(63(57)65)58-39-54(33-34-60(58)78-65)77-53-31-27-47(28-32-53)46-13-4-3-5-14-46/h2-7,12-15,17-19,21-34,38-39,50,56,61-63,70-71H,1,8-11,16,20,35-37,40,42-43H2. The summed E-state index contributed by atoms with van der Waals surface area (Å²) in [5.74, 6) is -1.11. The highest BCUT2D eigenvalue weighted by Gasteiger charge is 2.65. The Hall–Kier alpha value is -8.41. The van der Waals surface area contributed by atoms with Crippen LogP contribution in [0.1, 0.15) is 83.5 Å². The van der Waals surface area contributed by atoms with Crippen molar-refractivity contribution in [2.24, 2.45) is 22.9 Å². The van der Waals surface area contributed by atoms with Crippen LogP contribution in [0, 0.1) is 39.2 Å². The van der Waals surface area contributed by atoms with Gasteiger partial charge in [-0.1, -0.05) is 115 Å². The zero-order valence-electron chi connectivity index (χ0n) is 43.4. The van der Waals surface area contributed by atoms with Gasteiger partial charge in [0.05, 0.1) is 34.8 Å². The van der Waals surface area contributed by atoms with Gasteiger partial charge in [0.2, 0.25) is 5.79 Å². The molecule has 2 aliphatic carbocycles. The summed E-state index contributed by atoms with van der Waals surface area (Å²) in [4.78, 5) is 35.1. The maximum absolute atomic E-state index is 15.8. The van der Waals surface area contributed by atoms with E-state index >= 15 is 4.79 Å². The fraction of sp³-hybridized carbons (Fsp3) is 0.277. The van der Waals surface area contributed by atoms with E-state index < -0.39 is 22.7 Å². The lowest BCUT2D eigenvalue weighted by atomic mass is 9.55. The number of aliphatic hydroxyl groups excluding tert-OH is 2. The molecule has 10 rings (SSSR count). The molecule has 0 aromatic heterocycles. The van der Waals surface area contributed by atoms with Crippen molar-refractivity contribution in [1.29, 1.82) is 5.26 Å². The monoisotopic (exact) mass is 1040 g/mol. The summed E-state index contributed by atoms with van der Waals surface area (Å²) < 4.78 is 21.6. The van der Waals surface area contributed by atoms with Crippen molar-refractivity contribution in [3.63, 3.8) is 0 Å². The van der Waals surface area contributed by atoms with Gasteiger partial charge >= 0.3 is 0 Å². The normalized spacial score (nSPS) is 20.6. The first-order valence-electron chi connectivity index (χ1n) is 26.8. The van der Waals surface area contributed by atoms with Crippen molar-refractivity contribution in [2.45, 2.75) is 75.8 Å². The van der Waals surface area contributed by atoms with Crippen LogP contribution in [-0.2, 0) is 22.7 Å². The van der Waals surface area contributed by atoms with E-state index in [4.69, 9.17) is 24.2 Å². The van der Waals surface area contributed by atoms with Crippen LogP contribution in [0.5, 0.6) is 17.2 Å². The Morgan fingerprint density at radius 3 is 2.27 bits per heavy atom. The van der Waals surface area contributed by atoms with Crippen molar-refractivity contribution in [3.05, 3.63) is 226 Å². The molecular formula is C65H62N4O9. The van der Waals surface area contributed by atoms with Gasteiger partial charge in [-0.25, -0.2) is 0 Å². The van der Waals surface area contributed by atoms with Crippen LogP contribution in [-0.4, -0.2) is 63.3 Å². The lowest BCUT2D eigenvalue weighted by Crippen LogP contribution is -2.70. The molecule has 0 saturated heterocycles. The molecule has 6 atom stereocenters. The molecule has 7 aromatic rings. The summed E-state index contributed by atoms with van der Waals surface area (Å²) in [5.41, 5.74) is 6.79. The van der Waals surface area contributed by atoms with Crippen LogP contribution < -0.4 is 9.47 Å². The number of amides is 1. The fourth-order valence-electron chi connectivity index (χ4n) is 11.9. The number of carbonyl (C=O) groups excluding carboxylic acids is 1. The maximum Gasteiger partial charge on any atom is 0.269 e. The molecule has 1 heterocycles. The van der Waals surface area contributed by atoms with Crippen LogP contribution in [0.25, 0.3) is 21.9 Å². The average Bonchev–Trinajstić information content (AvgIpc) is 3.53. The first-order valence-corrected chi connectivity index (χ1v) is 26.8. The number of carbonyl (C=O) groups is 1. The molecule has 78 heavy (non-hydrogen) atoms. The van der Waals surface area contributed by atoms with Gasteiger partial charge in [0.25, 0.3) is 11.6 Å². The lowest BCUT2D eigenvalue weighted by Gasteiger charge is -2.60. The van der Waals surface area contributed by atoms with E-state index in [0.29, 0.717) is 52.5 Å². The topological polar surface area (TPSA) is 177 Å². The third kappa shape index (κ3) is 11.2. The number of aliphatic hydroxyl groups is 2. The van der Waals surface area contributed by atoms with Crippen LogP contribution in [0.4, 0.5) is 5.69 Å². The second kappa shape index (κ2) is 24.3. The van der Waals surface area contributed by atoms with Gasteiger partial charge in [0.15, 0.2) is 0 Å². The summed E-state index contributed by atoms with van der Waals surface area (Å²) >= 11 is 0. The predicted molar refractivity (Wildman–Crippen MR) is 300 cm³/mol. The number of nitrogens with zero attached hydrogens (tertiary/aromatic N) is 4. The Balaban J connectivity index is 1.17. The second-order valence-electron chi connectivity index (χ2n) is 20.2. The zero-order chi connectivity index (χ0) is 54.0. The number of unbranched alkanes of at least 4 members (excludes halogenated alkanes) is 2. The average molecular weight is 1040 g/mol. The van der Waals surface area contributed by atoms with Crippen molar-refractivity contribution in [1.82, 2.24) is 4.90 Å². The van der Waals surface area contributed by atoms with Crippen molar-refractivity contribution < 1.29 is 39.0 Å². The molecule has 1 fully saturated rings. The Kier molecular flexibility index (Phi) is 16.5. The van der Waals surface area contributed by atoms with Crippen molar-refractivity contribution in [2.75, 3.05) is 19.8 Å². The number of non-ortho nitro benzene ring substituents is 1. The maximum atomic E-state index is 15.8. The molecule has 0 radical (unpaired) electrons. The number of nitro groups is 1. The molecule has 0 bridgehead atoms. The van der Waals surface area contributed by atoms with Crippen LogP contribution in [0.3, 0.4) is 0 Å². The first kappa shape index (κ1) is 53.0. The van der Waals surface area contributed by atoms with E-state index in [1.807, 2.05) is 95.9 Å². The largest absolute Gasteiger partial charge is 0.459 e. The number of rotatable bonds is 22. The van der Waals surface area contributed by atoms with Gasteiger partial charge in [-0.15, -0.1) is 6.58 Å². The highest BCUT2D eigenvalue weighted by Crippen LogP contribution is 2.62. The number of nitriles is 1. The van der Waals surface area contributed by atoms with E-state index in [0.717, 1.165) is 64.3 Å². The van der Waals surface area contributed by atoms with Gasteiger partial charge < -0.3 is 34.2 Å². The van der Waals surface area contributed by atoms with E-state index in [9.17, 15) is 25.6 Å². The molecule has 13 heteroatoms. The summed E-state index contributed by atoms with van der Waals surface area (Å²) in [7, 11) is 0. The highest BCUT2D eigenvalue weighted by atomic mass is 16.7.